The zero-order valence-electron chi connectivity index (χ0n) is 16.7. The van der Waals surface area contributed by atoms with Crippen LogP contribution in [-0.4, -0.2) is 13.5 Å². The van der Waals surface area contributed by atoms with Gasteiger partial charge in [-0.1, -0.05) is 72.5 Å². The van der Waals surface area contributed by atoms with Crippen LogP contribution < -0.4 is 5.14 Å². The van der Waals surface area contributed by atoms with Crippen LogP contribution in [0.2, 0.25) is 0 Å². The number of benzene rings is 4. The maximum absolute atomic E-state index is 11.4. The molecular weight excluding hydrogens is 406 g/mol. The minimum absolute atomic E-state index is 0.0145. The first-order valence-electron chi connectivity index (χ1n) is 9.77. The Hall–Kier alpha value is -3.43. The molecule has 0 aliphatic rings. The van der Waals surface area contributed by atoms with Gasteiger partial charge in [0, 0.05) is 12.0 Å². The largest absolute Gasteiger partial charge is 0.384 e. The first-order valence-corrected chi connectivity index (χ1v) is 11.3. The molecular formula is C26H21NO3S. The highest BCUT2D eigenvalue weighted by atomic mass is 32.2. The van der Waals surface area contributed by atoms with Gasteiger partial charge in [-0.15, -0.1) is 0 Å². The van der Waals surface area contributed by atoms with Crippen molar-refractivity contribution in [3.05, 3.63) is 113 Å². The molecule has 4 rings (SSSR count). The number of aliphatic hydroxyl groups is 1. The normalized spacial score (nSPS) is 12.2. The van der Waals surface area contributed by atoms with Crippen molar-refractivity contribution in [2.24, 2.45) is 5.14 Å². The standard InChI is InChI=1S/C26H21NO3S/c27-31(29,30)25-15-13-22(14-16-25)26(28)23-12-11-21-10-9-20(17-24(21)18-23)8-4-7-19-5-2-1-3-6-19/h1-3,5-6,9-18,26,28H,7H2,(H2,27,29,30). The average molecular weight is 428 g/mol. The second-order valence-corrected chi connectivity index (χ2v) is 8.86. The summed E-state index contributed by atoms with van der Waals surface area (Å²) in [7, 11) is -3.76. The Labute approximate surface area is 182 Å². The van der Waals surface area contributed by atoms with E-state index >= 15 is 0 Å². The van der Waals surface area contributed by atoms with Crippen molar-refractivity contribution in [1.82, 2.24) is 0 Å². The van der Waals surface area contributed by atoms with Gasteiger partial charge in [0.1, 0.15) is 6.10 Å². The van der Waals surface area contributed by atoms with Crippen LogP contribution in [-0.2, 0) is 16.4 Å². The molecule has 0 bridgehead atoms. The van der Waals surface area contributed by atoms with E-state index in [2.05, 4.69) is 24.0 Å². The molecule has 1 unspecified atom stereocenters. The molecule has 0 aromatic heterocycles. The van der Waals surface area contributed by atoms with Gasteiger partial charge in [0.25, 0.3) is 0 Å². The maximum Gasteiger partial charge on any atom is 0.238 e. The Morgan fingerprint density at radius 3 is 2.19 bits per heavy atom. The van der Waals surface area contributed by atoms with Gasteiger partial charge in [-0.2, -0.15) is 0 Å². The van der Waals surface area contributed by atoms with Gasteiger partial charge in [0.05, 0.1) is 4.90 Å². The lowest BCUT2D eigenvalue weighted by Crippen LogP contribution is -2.12. The molecule has 0 saturated carbocycles. The van der Waals surface area contributed by atoms with Gasteiger partial charge in [-0.05, 0) is 57.8 Å². The number of hydrogen-bond acceptors (Lipinski definition) is 3. The zero-order chi connectivity index (χ0) is 21.8. The molecule has 4 aromatic rings. The molecule has 5 heteroatoms. The lowest BCUT2D eigenvalue weighted by molar-refractivity contribution is 0.220. The quantitative estimate of drug-likeness (QED) is 0.480. The van der Waals surface area contributed by atoms with E-state index in [1.54, 1.807) is 12.1 Å². The third-order valence-corrected chi connectivity index (χ3v) is 6.00. The Morgan fingerprint density at radius 1 is 0.806 bits per heavy atom. The molecule has 4 nitrogen and oxygen atoms in total. The fourth-order valence-electron chi connectivity index (χ4n) is 3.39. The Morgan fingerprint density at radius 2 is 1.48 bits per heavy atom. The predicted octanol–water partition coefficient (Wildman–Crippen LogP) is 4.16. The number of aliphatic hydroxyl groups excluding tert-OH is 1. The van der Waals surface area contributed by atoms with Gasteiger partial charge >= 0.3 is 0 Å². The molecule has 0 radical (unpaired) electrons. The van der Waals surface area contributed by atoms with E-state index in [4.69, 9.17) is 5.14 Å². The Bertz CT molecular complexity index is 1380. The van der Waals surface area contributed by atoms with Crippen LogP contribution >= 0.6 is 0 Å². The minimum atomic E-state index is -3.76. The van der Waals surface area contributed by atoms with Crippen LogP contribution in [0.4, 0.5) is 0 Å². The fourth-order valence-corrected chi connectivity index (χ4v) is 3.90. The molecule has 0 saturated heterocycles. The lowest BCUT2D eigenvalue weighted by atomic mass is 9.98. The van der Waals surface area contributed by atoms with Gasteiger partial charge in [-0.25, -0.2) is 13.6 Å². The maximum atomic E-state index is 11.4. The molecule has 0 fully saturated rings. The molecule has 0 amide bonds. The minimum Gasteiger partial charge on any atom is -0.384 e. The van der Waals surface area contributed by atoms with Crippen LogP contribution in [0.5, 0.6) is 0 Å². The second-order valence-electron chi connectivity index (χ2n) is 7.30. The van der Waals surface area contributed by atoms with Crippen molar-refractivity contribution in [3.63, 3.8) is 0 Å². The zero-order valence-corrected chi connectivity index (χ0v) is 17.5. The molecule has 0 heterocycles. The van der Waals surface area contributed by atoms with Crippen molar-refractivity contribution >= 4 is 20.8 Å². The van der Waals surface area contributed by atoms with Gasteiger partial charge in [0.2, 0.25) is 10.0 Å². The van der Waals surface area contributed by atoms with Crippen LogP contribution in [0.3, 0.4) is 0 Å². The van der Waals surface area contributed by atoms with Crippen molar-refractivity contribution in [3.8, 4) is 11.8 Å². The average Bonchev–Trinajstić information content (AvgIpc) is 2.78. The van der Waals surface area contributed by atoms with E-state index in [0.717, 1.165) is 16.3 Å². The summed E-state index contributed by atoms with van der Waals surface area (Å²) in [6, 6.07) is 27.8. The first kappa shape index (κ1) is 20.8. The molecule has 154 valence electrons. The van der Waals surface area contributed by atoms with E-state index in [1.807, 2.05) is 54.6 Å². The summed E-state index contributed by atoms with van der Waals surface area (Å²) in [5, 5.41) is 17.9. The van der Waals surface area contributed by atoms with Crippen LogP contribution in [0.1, 0.15) is 28.4 Å². The number of hydrogen-bond donors (Lipinski definition) is 2. The van der Waals surface area contributed by atoms with Gasteiger partial charge in [0.15, 0.2) is 0 Å². The van der Waals surface area contributed by atoms with E-state index < -0.39 is 16.1 Å². The number of sulfonamides is 1. The van der Waals surface area contributed by atoms with E-state index in [0.29, 0.717) is 17.5 Å². The summed E-state index contributed by atoms with van der Waals surface area (Å²) in [6.07, 6.45) is -0.196. The SMILES string of the molecule is NS(=O)(=O)c1ccc(C(O)c2ccc3ccc(C#CCc4ccccc4)cc3c2)cc1. The molecule has 0 aliphatic carbocycles. The lowest BCUT2D eigenvalue weighted by Gasteiger charge is -2.13. The summed E-state index contributed by atoms with van der Waals surface area (Å²) in [4.78, 5) is 0.0145. The molecule has 4 aromatic carbocycles. The number of primary sulfonamides is 1. The summed E-state index contributed by atoms with van der Waals surface area (Å²) in [5.41, 5.74) is 3.39. The monoisotopic (exact) mass is 427 g/mol. The molecule has 31 heavy (non-hydrogen) atoms. The van der Waals surface area contributed by atoms with Gasteiger partial charge < -0.3 is 5.11 Å². The highest BCUT2D eigenvalue weighted by Crippen LogP contribution is 2.26. The van der Waals surface area contributed by atoms with Crippen LogP contribution in [0, 0.1) is 11.8 Å². The molecule has 0 aliphatic heterocycles. The van der Waals surface area contributed by atoms with Gasteiger partial charge in [-0.3, -0.25) is 0 Å². The van der Waals surface area contributed by atoms with E-state index in [-0.39, 0.29) is 4.90 Å². The Balaban J connectivity index is 1.58. The summed E-state index contributed by atoms with van der Waals surface area (Å²) < 4.78 is 22.8. The molecule has 1 atom stereocenters. The van der Waals surface area contributed by atoms with Crippen molar-refractivity contribution in [2.75, 3.05) is 0 Å². The van der Waals surface area contributed by atoms with E-state index in [9.17, 15) is 13.5 Å². The number of fused-ring (bicyclic) bond motifs is 1. The highest BCUT2D eigenvalue weighted by Gasteiger charge is 2.13. The smallest absolute Gasteiger partial charge is 0.238 e. The Kier molecular flexibility index (Phi) is 5.88. The highest BCUT2D eigenvalue weighted by molar-refractivity contribution is 7.89. The topological polar surface area (TPSA) is 80.4 Å². The number of nitrogens with two attached hydrogens (primary N) is 1. The fraction of sp³-hybridized carbons (Fsp3) is 0.0769. The first-order chi connectivity index (χ1) is 14.9. The second kappa shape index (κ2) is 8.75. The predicted molar refractivity (Wildman–Crippen MR) is 123 cm³/mol. The summed E-state index contributed by atoms with van der Waals surface area (Å²) in [5.74, 6) is 6.41. The van der Waals surface area contributed by atoms with Crippen molar-refractivity contribution in [1.29, 1.82) is 0 Å². The summed E-state index contributed by atoms with van der Waals surface area (Å²) in [6.45, 7) is 0. The molecule has 3 N–H and O–H groups in total. The number of rotatable bonds is 4. The van der Waals surface area contributed by atoms with Crippen LogP contribution in [0.25, 0.3) is 10.8 Å². The van der Waals surface area contributed by atoms with Crippen LogP contribution in [0.15, 0.2) is 95.9 Å². The molecule has 0 spiro atoms. The third-order valence-electron chi connectivity index (χ3n) is 5.07. The van der Waals surface area contributed by atoms with Crippen molar-refractivity contribution < 1.29 is 13.5 Å². The third kappa shape index (κ3) is 5.01. The van der Waals surface area contributed by atoms with E-state index in [1.165, 1.54) is 17.7 Å². The summed E-state index contributed by atoms with van der Waals surface area (Å²) >= 11 is 0. The van der Waals surface area contributed by atoms with Crippen molar-refractivity contribution in [2.45, 2.75) is 17.4 Å².